The average molecular weight is 267 g/mol. The Morgan fingerprint density at radius 1 is 1.47 bits per heavy atom. The van der Waals surface area contributed by atoms with Crippen LogP contribution in [0.4, 0.5) is 0 Å². The van der Waals surface area contributed by atoms with Gasteiger partial charge in [-0.2, -0.15) is 0 Å². The molecule has 1 rings (SSSR count). The van der Waals surface area contributed by atoms with Crippen molar-refractivity contribution in [3.05, 3.63) is 24.2 Å². The van der Waals surface area contributed by atoms with Crippen LogP contribution in [0, 0.1) is 5.92 Å². The van der Waals surface area contributed by atoms with E-state index in [0.29, 0.717) is 25.3 Å². The van der Waals surface area contributed by atoms with Crippen molar-refractivity contribution in [2.75, 3.05) is 13.7 Å². The number of hydrogen-bond donors (Lipinski definition) is 0. The maximum atomic E-state index is 12.0. The van der Waals surface area contributed by atoms with Crippen molar-refractivity contribution in [2.24, 2.45) is 5.92 Å². The zero-order valence-electron chi connectivity index (χ0n) is 11.7. The molecule has 1 heterocycles. The molecule has 1 unspecified atom stereocenters. The number of amides is 1. The second-order valence-electron chi connectivity index (χ2n) is 4.53. The van der Waals surface area contributed by atoms with Gasteiger partial charge in [0, 0.05) is 13.0 Å². The molecule has 0 aliphatic heterocycles. The predicted molar refractivity (Wildman–Crippen MR) is 70.2 cm³/mol. The van der Waals surface area contributed by atoms with E-state index in [1.807, 2.05) is 13.0 Å². The number of methoxy groups -OCH3 is 1. The summed E-state index contributed by atoms with van der Waals surface area (Å²) in [7, 11) is 1.35. The van der Waals surface area contributed by atoms with E-state index in [1.165, 1.54) is 7.11 Å². The number of ether oxygens (including phenoxy) is 1. The van der Waals surface area contributed by atoms with Gasteiger partial charge < -0.3 is 14.1 Å². The summed E-state index contributed by atoms with van der Waals surface area (Å²) in [6, 6.07) is 3.59. The molecular formula is C14H21NO4. The van der Waals surface area contributed by atoms with Crippen molar-refractivity contribution in [2.45, 2.75) is 33.2 Å². The summed E-state index contributed by atoms with van der Waals surface area (Å²) >= 11 is 0. The highest BCUT2D eigenvalue weighted by atomic mass is 16.5. The Kier molecular flexibility index (Phi) is 6.12. The Hall–Kier alpha value is -1.78. The fourth-order valence-corrected chi connectivity index (χ4v) is 1.82. The Balaban J connectivity index is 2.69. The van der Waals surface area contributed by atoms with E-state index in [1.54, 1.807) is 24.2 Å². The minimum Gasteiger partial charge on any atom is -0.469 e. The molecule has 0 N–H and O–H groups in total. The zero-order valence-corrected chi connectivity index (χ0v) is 11.7. The Bertz CT molecular complexity index is 400. The highest BCUT2D eigenvalue weighted by molar-refractivity contribution is 5.77. The molecule has 0 radical (unpaired) electrons. The van der Waals surface area contributed by atoms with Crippen molar-refractivity contribution >= 4 is 11.9 Å². The summed E-state index contributed by atoms with van der Waals surface area (Å²) in [5.74, 6) is 0.0747. The lowest BCUT2D eigenvalue weighted by molar-refractivity contribution is -0.146. The fraction of sp³-hybridized carbons (Fsp3) is 0.571. The van der Waals surface area contributed by atoms with Crippen LogP contribution in [0.25, 0.3) is 0 Å². The largest absolute Gasteiger partial charge is 0.469 e. The molecule has 5 nitrogen and oxygen atoms in total. The van der Waals surface area contributed by atoms with Gasteiger partial charge in [0.2, 0.25) is 5.91 Å². The van der Waals surface area contributed by atoms with Crippen molar-refractivity contribution in [1.29, 1.82) is 0 Å². The Morgan fingerprint density at radius 3 is 2.74 bits per heavy atom. The first-order chi connectivity index (χ1) is 9.08. The molecule has 1 aromatic heterocycles. The number of esters is 1. The Labute approximate surface area is 113 Å². The molecule has 19 heavy (non-hydrogen) atoms. The molecule has 0 fully saturated rings. The first-order valence-electron chi connectivity index (χ1n) is 6.46. The minimum atomic E-state index is -0.347. The van der Waals surface area contributed by atoms with Crippen LogP contribution < -0.4 is 0 Å². The molecule has 1 amide bonds. The monoisotopic (exact) mass is 267 g/mol. The highest BCUT2D eigenvalue weighted by Gasteiger charge is 2.21. The predicted octanol–water partition coefficient (Wildman–Crippen LogP) is 2.22. The van der Waals surface area contributed by atoms with Crippen molar-refractivity contribution in [1.82, 2.24) is 4.90 Å². The number of nitrogens with zero attached hydrogens (tertiary/aromatic N) is 1. The van der Waals surface area contributed by atoms with E-state index in [2.05, 4.69) is 4.74 Å². The number of furan rings is 1. The third-order valence-electron chi connectivity index (χ3n) is 2.84. The molecule has 0 bridgehead atoms. The van der Waals surface area contributed by atoms with Gasteiger partial charge in [-0.15, -0.1) is 0 Å². The lowest BCUT2D eigenvalue weighted by Crippen LogP contribution is -2.36. The van der Waals surface area contributed by atoms with Crippen LogP contribution >= 0.6 is 0 Å². The van der Waals surface area contributed by atoms with Gasteiger partial charge in [0.25, 0.3) is 0 Å². The maximum absolute atomic E-state index is 12.0. The first-order valence-corrected chi connectivity index (χ1v) is 6.46. The highest BCUT2D eigenvalue weighted by Crippen LogP contribution is 2.11. The minimum absolute atomic E-state index is 0.0228. The standard InChI is InChI=1S/C14H21NO4/c1-4-6-13(16)15(9-11(2)14(17)18-3)10-12-7-5-8-19-12/h5,7-8,11H,4,6,9-10H2,1-3H3. The molecule has 5 heteroatoms. The van der Waals surface area contributed by atoms with E-state index in [4.69, 9.17) is 4.42 Å². The second kappa shape index (κ2) is 7.61. The number of carbonyl (C=O) groups excluding carboxylic acids is 2. The van der Waals surface area contributed by atoms with E-state index in [9.17, 15) is 9.59 Å². The molecule has 1 aromatic rings. The van der Waals surface area contributed by atoms with E-state index in [0.717, 1.165) is 6.42 Å². The summed E-state index contributed by atoms with van der Waals surface area (Å²) in [5.41, 5.74) is 0. The first kappa shape index (κ1) is 15.3. The van der Waals surface area contributed by atoms with Crippen molar-refractivity contribution < 1.29 is 18.7 Å². The smallest absolute Gasteiger partial charge is 0.310 e. The van der Waals surface area contributed by atoms with Gasteiger partial charge in [0.05, 0.1) is 25.8 Å². The summed E-state index contributed by atoms with van der Waals surface area (Å²) in [6.45, 7) is 4.42. The van der Waals surface area contributed by atoms with Crippen LogP contribution in [0.3, 0.4) is 0 Å². The number of rotatable bonds is 7. The quantitative estimate of drug-likeness (QED) is 0.711. The van der Waals surface area contributed by atoms with Crippen LogP contribution in [0.15, 0.2) is 22.8 Å². The van der Waals surface area contributed by atoms with E-state index >= 15 is 0 Å². The third-order valence-corrected chi connectivity index (χ3v) is 2.84. The molecule has 0 aromatic carbocycles. The van der Waals surface area contributed by atoms with Gasteiger partial charge >= 0.3 is 5.97 Å². The molecular weight excluding hydrogens is 246 g/mol. The average Bonchev–Trinajstić information content (AvgIpc) is 2.90. The second-order valence-corrected chi connectivity index (χ2v) is 4.53. The molecule has 0 saturated heterocycles. The van der Waals surface area contributed by atoms with Crippen LogP contribution in [0.1, 0.15) is 32.4 Å². The SMILES string of the molecule is CCCC(=O)N(Cc1ccco1)CC(C)C(=O)OC. The van der Waals surface area contributed by atoms with Crippen LogP contribution in [0.5, 0.6) is 0 Å². The molecule has 1 atom stereocenters. The topological polar surface area (TPSA) is 59.8 Å². The number of carbonyl (C=O) groups is 2. The fourth-order valence-electron chi connectivity index (χ4n) is 1.82. The zero-order chi connectivity index (χ0) is 14.3. The molecule has 0 aliphatic carbocycles. The van der Waals surface area contributed by atoms with Gasteiger partial charge in [0.15, 0.2) is 0 Å². The van der Waals surface area contributed by atoms with Gasteiger partial charge in [-0.3, -0.25) is 9.59 Å². The third kappa shape index (κ3) is 4.77. The summed E-state index contributed by atoms with van der Waals surface area (Å²) in [4.78, 5) is 25.1. The number of hydrogen-bond acceptors (Lipinski definition) is 4. The van der Waals surface area contributed by atoms with Crippen molar-refractivity contribution in [3.8, 4) is 0 Å². The molecule has 106 valence electrons. The van der Waals surface area contributed by atoms with Crippen LogP contribution in [-0.4, -0.2) is 30.4 Å². The van der Waals surface area contributed by atoms with Crippen LogP contribution in [0.2, 0.25) is 0 Å². The van der Waals surface area contributed by atoms with Gasteiger partial charge in [-0.05, 0) is 18.6 Å². The summed E-state index contributed by atoms with van der Waals surface area (Å²) < 4.78 is 9.94. The normalized spacial score (nSPS) is 11.9. The summed E-state index contributed by atoms with van der Waals surface area (Å²) in [5, 5.41) is 0. The van der Waals surface area contributed by atoms with Crippen LogP contribution in [-0.2, 0) is 20.9 Å². The maximum Gasteiger partial charge on any atom is 0.310 e. The van der Waals surface area contributed by atoms with Gasteiger partial charge in [-0.1, -0.05) is 13.8 Å². The molecule has 0 spiro atoms. The van der Waals surface area contributed by atoms with Gasteiger partial charge in [-0.25, -0.2) is 0 Å². The van der Waals surface area contributed by atoms with E-state index < -0.39 is 0 Å². The Morgan fingerprint density at radius 2 is 2.21 bits per heavy atom. The lowest BCUT2D eigenvalue weighted by Gasteiger charge is -2.24. The van der Waals surface area contributed by atoms with Gasteiger partial charge in [0.1, 0.15) is 5.76 Å². The molecule has 0 aliphatic rings. The molecule has 0 saturated carbocycles. The van der Waals surface area contributed by atoms with E-state index in [-0.39, 0.29) is 17.8 Å². The summed E-state index contributed by atoms with van der Waals surface area (Å²) in [6.07, 6.45) is 2.82. The van der Waals surface area contributed by atoms with Crippen molar-refractivity contribution in [3.63, 3.8) is 0 Å². The lowest BCUT2D eigenvalue weighted by atomic mass is 10.1.